The number of likely N-dealkylation sites (tertiary alicyclic amines) is 1. The maximum Gasteiger partial charge on any atom is 0.353 e. The van der Waals surface area contributed by atoms with Gasteiger partial charge in [-0.25, -0.2) is 9.97 Å². The fourth-order valence-corrected chi connectivity index (χ4v) is 2.65. The summed E-state index contributed by atoms with van der Waals surface area (Å²) in [6.45, 7) is 5.97. The van der Waals surface area contributed by atoms with E-state index in [1.165, 1.54) is 6.33 Å². The van der Waals surface area contributed by atoms with E-state index >= 15 is 0 Å². The number of aromatic nitrogens is 2. The average Bonchev–Trinajstić information content (AvgIpc) is 2.52. The smallest absolute Gasteiger partial charge is 0.353 e. The predicted octanol–water partition coefficient (Wildman–Crippen LogP) is 1.51. The summed E-state index contributed by atoms with van der Waals surface area (Å²) in [5.41, 5.74) is -0.0780. The van der Waals surface area contributed by atoms with Gasteiger partial charge in [-0.15, -0.1) is 6.58 Å². The van der Waals surface area contributed by atoms with Crippen LogP contribution in [0.3, 0.4) is 0 Å². The van der Waals surface area contributed by atoms with Crippen molar-refractivity contribution in [2.24, 2.45) is 0 Å². The van der Waals surface area contributed by atoms with Crippen molar-refractivity contribution in [3.63, 3.8) is 0 Å². The first kappa shape index (κ1) is 16.2. The Morgan fingerprint density at radius 2 is 2.23 bits per heavy atom. The molecule has 1 aliphatic heterocycles. The molecule has 0 aliphatic carbocycles. The summed E-state index contributed by atoms with van der Waals surface area (Å²) >= 11 is 0. The summed E-state index contributed by atoms with van der Waals surface area (Å²) in [5.74, 6) is 0.593. The number of nitrogens with zero attached hydrogens (tertiary/aromatic N) is 5. The lowest BCUT2D eigenvalue weighted by molar-refractivity contribution is -0.383. The Morgan fingerprint density at radius 3 is 2.82 bits per heavy atom. The maximum absolute atomic E-state index is 11.5. The van der Waals surface area contributed by atoms with Crippen molar-refractivity contribution in [3.8, 4) is 0 Å². The molecule has 0 radical (unpaired) electrons. The zero-order valence-electron chi connectivity index (χ0n) is 13.0. The molecule has 0 amide bonds. The minimum absolute atomic E-state index is 0.0780. The molecule has 0 aromatic carbocycles. The van der Waals surface area contributed by atoms with Gasteiger partial charge in [0.1, 0.15) is 6.33 Å². The summed E-state index contributed by atoms with van der Waals surface area (Å²) in [6.07, 6.45) is 4.92. The maximum atomic E-state index is 11.5. The highest BCUT2D eigenvalue weighted by molar-refractivity contribution is 5.70. The van der Waals surface area contributed by atoms with Crippen LogP contribution in [-0.2, 0) is 0 Å². The van der Waals surface area contributed by atoms with Gasteiger partial charge >= 0.3 is 5.69 Å². The van der Waals surface area contributed by atoms with Gasteiger partial charge in [-0.05, 0) is 33.0 Å². The van der Waals surface area contributed by atoms with E-state index in [2.05, 4.69) is 33.8 Å². The lowest BCUT2D eigenvalue weighted by Crippen LogP contribution is -2.42. The monoisotopic (exact) mass is 306 g/mol. The topological polar surface area (TPSA) is 87.4 Å². The van der Waals surface area contributed by atoms with Crippen LogP contribution < -0.4 is 10.2 Å². The molecular formula is C14H22N6O2. The standard InChI is InChI=1S/C14H22N6O2/c1-4-7-15-13-12(20(21)22)14(17-10-16-13)19(3)11-5-8-18(2)9-6-11/h4,10-11H,1,5-9H2,2-3H3,(H,15,16,17). The van der Waals surface area contributed by atoms with Crippen LogP contribution in [0.5, 0.6) is 0 Å². The quantitative estimate of drug-likeness (QED) is 0.484. The predicted molar refractivity (Wildman–Crippen MR) is 86.3 cm³/mol. The van der Waals surface area contributed by atoms with Crippen LogP contribution in [0.4, 0.5) is 17.3 Å². The molecule has 2 heterocycles. The Hall–Kier alpha value is -2.22. The molecule has 22 heavy (non-hydrogen) atoms. The van der Waals surface area contributed by atoms with E-state index in [1.54, 1.807) is 6.08 Å². The minimum Gasteiger partial charge on any atom is -0.361 e. The Bertz CT molecular complexity index is 542. The molecule has 120 valence electrons. The molecule has 1 N–H and O–H groups in total. The summed E-state index contributed by atoms with van der Waals surface area (Å²) in [4.78, 5) is 23.4. The molecule has 8 nitrogen and oxygen atoms in total. The molecule has 8 heteroatoms. The molecule has 1 aromatic rings. The van der Waals surface area contributed by atoms with Gasteiger partial charge in [0, 0.05) is 19.6 Å². The largest absolute Gasteiger partial charge is 0.361 e. The molecule has 1 saturated heterocycles. The molecule has 0 bridgehead atoms. The van der Waals surface area contributed by atoms with E-state index in [0.717, 1.165) is 25.9 Å². The third kappa shape index (κ3) is 3.51. The molecule has 1 aliphatic rings. The van der Waals surface area contributed by atoms with E-state index in [-0.39, 0.29) is 17.5 Å². The average molecular weight is 306 g/mol. The van der Waals surface area contributed by atoms with Gasteiger partial charge in [-0.1, -0.05) is 6.08 Å². The van der Waals surface area contributed by atoms with E-state index in [9.17, 15) is 10.1 Å². The van der Waals surface area contributed by atoms with Gasteiger partial charge in [-0.2, -0.15) is 0 Å². The number of piperidine rings is 1. The number of rotatable bonds is 6. The number of nitrogens with one attached hydrogen (secondary N) is 1. The minimum atomic E-state index is -0.424. The fourth-order valence-electron chi connectivity index (χ4n) is 2.65. The highest BCUT2D eigenvalue weighted by atomic mass is 16.6. The number of hydrogen-bond donors (Lipinski definition) is 1. The van der Waals surface area contributed by atoms with Crippen LogP contribution in [-0.4, -0.2) is 59.6 Å². The second-order valence-electron chi connectivity index (χ2n) is 5.47. The van der Waals surface area contributed by atoms with Crippen LogP contribution in [0.25, 0.3) is 0 Å². The first-order valence-corrected chi connectivity index (χ1v) is 7.30. The Labute approximate surface area is 130 Å². The summed E-state index contributed by atoms with van der Waals surface area (Å²) in [7, 11) is 3.95. The van der Waals surface area contributed by atoms with E-state index in [4.69, 9.17) is 0 Å². The summed E-state index contributed by atoms with van der Waals surface area (Å²) in [6, 6.07) is 0.247. The van der Waals surface area contributed by atoms with Gasteiger partial charge < -0.3 is 15.1 Å². The first-order chi connectivity index (χ1) is 10.5. The van der Waals surface area contributed by atoms with Crippen LogP contribution in [0.1, 0.15) is 12.8 Å². The van der Waals surface area contributed by atoms with E-state index in [1.807, 2.05) is 11.9 Å². The Morgan fingerprint density at radius 1 is 1.55 bits per heavy atom. The van der Waals surface area contributed by atoms with Crippen molar-refractivity contribution in [1.29, 1.82) is 0 Å². The van der Waals surface area contributed by atoms with Gasteiger partial charge in [0.2, 0.25) is 11.6 Å². The Kier molecular flexibility index (Phi) is 5.26. The van der Waals surface area contributed by atoms with Crippen molar-refractivity contribution in [1.82, 2.24) is 14.9 Å². The van der Waals surface area contributed by atoms with Crippen molar-refractivity contribution in [3.05, 3.63) is 29.1 Å². The second-order valence-corrected chi connectivity index (χ2v) is 5.47. The van der Waals surface area contributed by atoms with Crippen LogP contribution in [0.15, 0.2) is 19.0 Å². The second kappa shape index (κ2) is 7.17. The highest BCUT2D eigenvalue weighted by Crippen LogP contribution is 2.33. The SMILES string of the molecule is C=CCNc1ncnc(N(C)C2CCN(C)CC2)c1[N+](=O)[O-]. The molecule has 2 rings (SSSR count). The van der Waals surface area contributed by atoms with Crippen molar-refractivity contribution < 1.29 is 4.92 Å². The first-order valence-electron chi connectivity index (χ1n) is 7.30. The van der Waals surface area contributed by atoms with E-state index in [0.29, 0.717) is 12.4 Å². The van der Waals surface area contributed by atoms with Crippen molar-refractivity contribution in [2.45, 2.75) is 18.9 Å². The normalized spacial score (nSPS) is 16.3. The molecular weight excluding hydrogens is 284 g/mol. The third-order valence-corrected chi connectivity index (χ3v) is 3.97. The molecule has 0 unspecified atom stereocenters. The van der Waals surface area contributed by atoms with Crippen LogP contribution in [0.2, 0.25) is 0 Å². The Balaban J connectivity index is 2.28. The summed E-state index contributed by atoms with van der Waals surface area (Å²) < 4.78 is 0. The van der Waals surface area contributed by atoms with Crippen LogP contribution in [0, 0.1) is 10.1 Å². The lowest BCUT2D eigenvalue weighted by Gasteiger charge is -2.35. The third-order valence-electron chi connectivity index (χ3n) is 3.97. The fraction of sp³-hybridized carbons (Fsp3) is 0.571. The zero-order valence-corrected chi connectivity index (χ0v) is 13.0. The lowest BCUT2D eigenvalue weighted by atomic mass is 10.0. The summed E-state index contributed by atoms with van der Waals surface area (Å²) in [5, 5.41) is 14.4. The number of hydrogen-bond acceptors (Lipinski definition) is 7. The number of anilines is 2. The van der Waals surface area contributed by atoms with Gasteiger partial charge in [0.05, 0.1) is 4.92 Å². The van der Waals surface area contributed by atoms with Crippen LogP contribution >= 0.6 is 0 Å². The van der Waals surface area contributed by atoms with Gasteiger partial charge in [-0.3, -0.25) is 10.1 Å². The van der Waals surface area contributed by atoms with Crippen molar-refractivity contribution >= 4 is 17.3 Å². The van der Waals surface area contributed by atoms with Gasteiger partial charge in [0.15, 0.2) is 0 Å². The highest BCUT2D eigenvalue weighted by Gasteiger charge is 2.30. The molecule has 0 atom stereocenters. The van der Waals surface area contributed by atoms with Gasteiger partial charge in [0.25, 0.3) is 0 Å². The molecule has 1 aromatic heterocycles. The molecule has 0 saturated carbocycles. The van der Waals surface area contributed by atoms with E-state index < -0.39 is 4.92 Å². The van der Waals surface area contributed by atoms with Crippen molar-refractivity contribution in [2.75, 3.05) is 43.9 Å². The molecule has 0 spiro atoms. The zero-order chi connectivity index (χ0) is 16.1. The molecule has 1 fully saturated rings. The number of nitro groups is 1.